The van der Waals surface area contributed by atoms with Gasteiger partial charge in [0.05, 0.1) is 23.4 Å². The lowest BCUT2D eigenvalue weighted by atomic mass is 10.1. The lowest BCUT2D eigenvalue weighted by Gasteiger charge is -2.05. The van der Waals surface area contributed by atoms with Crippen LogP contribution in [0.25, 0.3) is 33.4 Å². The van der Waals surface area contributed by atoms with Gasteiger partial charge in [0.2, 0.25) is 0 Å². The number of aromatic nitrogens is 4. The number of hydrogen-bond acceptors (Lipinski definition) is 6. The maximum Gasteiger partial charge on any atom is 0.490 e. The standard InChI is InChI=1S/C20H17N5O2.C2HF3O2/c21-6-8-25-19(20(26)27)11-18(24-25)14-5-7-22-17(10-14)15-9-13-3-1-2-4-16(13)23-12-15;3-2(4,5)1(6)7/h1-5,7,9-12H,6,8,21H2,(H,26,27);(H,6,7). The van der Waals surface area contributed by atoms with Crippen molar-refractivity contribution in [2.45, 2.75) is 12.7 Å². The third-order valence-corrected chi connectivity index (χ3v) is 4.52. The van der Waals surface area contributed by atoms with Crippen molar-refractivity contribution in [2.24, 2.45) is 5.73 Å². The second kappa shape index (κ2) is 10.1. The number of carbonyl (C=O) groups is 2. The smallest absolute Gasteiger partial charge is 0.477 e. The minimum Gasteiger partial charge on any atom is -0.477 e. The van der Waals surface area contributed by atoms with Crippen LogP contribution in [-0.4, -0.2) is 54.6 Å². The molecule has 0 atom stereocenters. The first kappa shape index (κ1) is 24.3. The predicted molar refractivity (Wildman–Crippen MR) is 116 cm³/mol. The highest BCUT2D eigenvalue weighted by Gasteiger charge is 2.38. The van der Waals surface area contributed by atoms with E-state index in [0.29, 0.717) is 18.8 Å². The van der Waals surface area contributed by atoms with E-state index in [0.717, 1.165) is 27.7 Å². The van der Waals surface area contributed by atoms with Gasteiger partial charge in [-0.15, -0.1) is 0 Å². The summed E-state index contributed by atoms with van der Waals surface area (Å²) in [5, 5.41) is 21.9. The van der Waals surface area contributed by atoms with E-state index in [1.165, 1.54) is 4.68 Å². The molecule has 0 saturated heterocycles. The van der Waals surface area contributed by atoms with Crippen molar-refractivity contribution in [3.63, 3.8) is 0 Å². The number of nitrogens with two attached hydrogens (primary N) is 1. The van der Waals surface area contributed by atoms with Crippen LogP contribution in [0.2, 0.25) is 0 Å². The third kappa shape index (κ3) is 5.72. The molecule has 3 heterocycles. The Kier molecular flexibility index (Phi) is 7.21. The molecule has 4 N–H and O–H groups in total. The number of carboxylic acids is 2. The number of fused-ring (bicyclic) bond motifs is 1. The van der Waals surface area contributed by atoms with Crippen molar-refractivity contribution in [3.8, 4) is 22.5 Å². The van der Waals surface area contributed by atoms with Gasteiger partial charge in [0.15, 0.2) is 0 Å². The average Bonchev–Trinajstić information content (AvgIpc) is 3.23. The molecule has 0 fully saturated rings. The van der Waals surface area contributed by atoms with Gasteiger partial charge in [0.25, 0.3) is 0 Å². The summed E-state index contributed by atoms with van der Waals surface area (Å²) >= 11 is 0. The third-order valence-electron chi connectivity index (χ3n) is 4.52. The molecule has 0 radical (unpaired) electrons. The van der Waals surface area contributed by atoms with Crippen LogP contribution in [0, 0.1) is 0 Å². The molecule has 0 spiro atoms. The molecule has 4 rings (SSSR count). The van der Waals surface area contributed by atoms with E-state index in [9.17, 15) is 23.1 Å². The molecule has 34 heavy (non-hydrogen) atoms. The maximum atomic E-state index is 11.4. The fourth-order valence-corrected chi connectivity index (χ4v) is 2.98. The van der Waals surface area contributed by atoms with E-state index in [1.54, 1.807) is 24.5 Å². The molecule has 4 aromatic rings. The quantitative estimate of drug-likeness (QED) is 0.400. The van der Waals surface area contributed by atoms with Crippen LogP contribution in [0.15, 0.2) is 60.9 Å². The van der Waals surface area contributed by atoms with Gasteiger partial charge in [-0.1, -0.05) is 18.2 Å². The first-order valence-electron chi connectivity index (χ1n) is 9.73. The summed E-state index contributed by atoms with van der Waals surface area (Å²) in [6.07, 6.45) is -1.62. The fraction of sp³-hybridized carbons (Fsp3) is 0.136. The second-order valence-corrected chi connectivity index (χ2v) is 6.88. The van der Waals surface area contributed by atoms with E-state index >= 15 is 0 Å². The summed E-state index contributed by atoms with van der Waals surface area (Å²) < 4.78 is 33.1. The summed E-state index contributed by atoms with van der Waals surface area (Å²) in [6.45, 7) is 0.653. The molecular formula is C22H18F3N5O4. The molecule has 3 aromatic heterocycles. The Hall–Kier alpha value is -4.32. The van der Waals surface area contributed by atoms with Crippen molar-refractivity contribution in [1.82, 2.24) is 19.7 Å². The number of aliphatic carboxylic acids is 1. The van der Waals surface area contributed by atoms with Gasteiger partial charge in [-0.2, -0.15) is 18.3 Å². The van der Waals surface area contributed by atoms with Crippen LogP contribution in [0.1, 0.15) is 10.5 Å². The number of benzene rings is 1. The molecule has 0 bridgehead atoms. The Bertz CT molecular complexity index is 1340. The number of rotatable bonds is 5. The predicted octanol–water partition coefficient (Wildman–Crippen LogP) is 3.45. The Balaban J connectivity index is 0.000000406. The number of para-hydroxylation sites is 1. The van der Waals surface area contributed by atoms with E-state index in [-0.39, 0.29) is 5.69 Å². The SMILES string of the molecule is NCCn1nc(-c2ccnc(-c3cnc4ccccc4c3)c2)cc1C(=O)O.O=C(O)C(F)(F)F. The zero-order valence-corrected chi connectivity index (χ0v) is 17.4. The fourth-order valence-electron chi connectivity index (χ4n) is 2.98. The summed E-state index contributed by atoms with van der Waals surface area (Å²) in [5.74, 6) is -3.79. The lowest BCUT2D eigenvalue weighted by Crippen LogP contribution is -2.21. The van der Waals surface area contributed by atoms with E-state index in [2.05, 4.69) is 15.1 Å². The molecule has 12 heteroatoms. The number of pyridine rings is 2. The Morgan fingerprint density at radius 3 is 2.32 bits per heavy atom. The van der Waals surface area contributed by atoms with Crippen LogP contribution in [0.5, 0.6) is 0 Å². The van der Waals surface area contributed by atoms with Crippen molar-refractivity contribution in [1.29, 1.82) is 0 Å². The van der Waals surface area contributed by atoms with Crippen LogP contribution >= 0.6 is 0 Å². The number of aromatic carboxylic acids is 1. The van der Waals surface area contributed by atoms with Crippen molar-refractivity contribution in [2.75, 3.05) is 6.54 Å². The molecule has 0 amide bonds. The minimum atomic E-state index is -5.08. The first-order chi connectivity index (χ1) is 16.1. The zero-order valence-electron chi connectivity index (χ0n) is 17.4. The molecule has 0 aliphatic carbocycles. The molecule has 176 valence electrons. The molecular weight excluding hydrogens is 455 g/mol. The number of hydrogen-bond donors (Lipinski definition) is 3. The molecule has 0 aliphatic heterocycles. The summed E-state index contributed by atoms with van der Waals surface area (Å²) in [4.78, 5) is 29.2. The van der Waals surface area contributed by atoms with Gasteiger partial charge in [-0.05, 0) is 30.3 Å². The largest absolute Gasteiger partial charge is 0.490 e. The summed E-state index contributed by atoms with van der Waals surface area (Å²) in [5.41, 5.74) is 9.57. The second-order valence-electron chi connectivity index (χ2n) is 6.88. The van der Waals surface area contributed by atoms with Gasteiger partial charge in [0.1, 0.15) is 5.69 Å². The van der Waals surface area contributed by atoms with E-state index < -0.39 is 18.1 Å². The number of halogens is 3. The van der Waals surface area contributed by atoms with Gasteiger partial charge in [-0.3, -0.25) is 14.6 Å². The zero-order chi connectivity index (χ0) is 24.9. The van der Waals surface area contributed by atoms with E-state index in [4.69, 9.17) is 15.6 Å². The lowest BCUT2D eigenvalue weighted by molar-refractivity contribution is -0.192. The Morgan fingerprint density at radius 1 is 0.971 bits per heavy atom. The van der Waals surface area contributed by atoms with E-state index in [1.807, 2.05) is 36.4 Å². The van der Waals surface area contributed by atoms with Gasteiger partial charge in [-0.25, -0.2) is 9.59 Å². The molecule has 0 unspecified atom stereocenters. The maximum absolute atomic E-state index is 11.4. The highest BCUT2D eigenvalue weighted by Crippen LogP contribution is 2.26. The van der Waals surface area contributed by atoms with Crippen LogP contribution in [-0.2, 0) is 11.3 Å². The molecule has 1 aromatic carbocycles. The molecule has 9 nitrogen and oxygen atoms in total. The number of carboxylic acid groups (broad SMARTS) is 2. The highest BCUT2D eigenvalue weighted by atomic mass is 19.4. The van der Waals surface area contributed by atoms with Crippen molar-refractivity contribution in [3.05, 3.63) is 66.6 Å². The first-order valence-corrected chi connectivity index (χ1v) is 9.73. The van der Waals surface area contributed by atoms with Gasteiger partial charge >= 0.3 is 18.1 Å². The van der Waals surface area contributed by atoms with Gasteiger partial charge in [0, 0.05) is 35.5 Å². The van der Waals surface area contributed by atoms with Crippen LogP contribution in [0.3, 0.4) is 0 Å². The Labute approximate surface area is 190 Å². The summed E-state index contributed by atoms with van der Waals surface area (Å²) in [6, 6.07) is 15.1. The van der Waals surface area contributed by atoms with Crippen LogP contribution in [0.4, 0.5) is 13.2 Å². The minimum absolute atomic E-state index is 0.112. The van der Waals surface area contributed by atoms with Crippen LogP contribution < -0.4 is 5.73 Å². The number of nitrogens with zero attached hydrogens (tertiary/aromatic N) is 4. The highest BCUT2D eigenvalue weighted by molar-refractivity contribution is 5.88. The molecule has 0 saturated carbocycles. The summed E-state index contributed by atoms with van der Waals surface area (Å²) in [7, 11) is 0. The number of alkyl halides is 3. The van der Waals surface area contributed by atoms with Crippen molar-refractivity contribution < 1.29 is 33.0 Å². The molecule has 0 aliphatic rings. The Morgan fingerprint density at radius 2 is 1.68 bits per heavy atom. The topological polar surface area (TPSA) is 144 Å². The van der Waals surface area contributed by atoms with Crippen molar-refractivity contribution >= 4 is 22.8 Å². The van der Waals surface area contributed by atoms with Gasteiger partial charge < -0.3 is 15.9 Å². The average molecular weight is 473 g/mol. The monoisotopic (exact) mass is 473 g/mol. The normalized spacial score (nSPS) is 11.1.